The number of aliphatic hydroxyl groups excluding tert-OH is 1. The van der Waals surface area contributed by atoms with E-state index in [-0.39, 0.29) is 31.2 Å². The van der Waals surface area contributed by atoms with Crippen LogP contribution < -0.4 is 0 Å². The number of ether oxygens (including phenoxy) is 2. The minimum Gasteiger partial charge on any atom is -0.465 e. The second-order valence-corrected chi connectivity index (χ2v) is 9.97. The molecule has 1 aliphatic carbocycles. The Hall–Kier alpha value is -2.69. The summed E-state index contributed by atoms with van der Waals surface area (Å²) in [6, 6.07) is 17.9. The van der Waals surface area contributed by atoms with Gasteiger partial charge in [0.2, 0.25) is 0 Å². The summed E-state index contributed by atoms with van der Waals surface area (Å²) >= 11 is 0. The highest BCUT2D eigenvalue weighted by Gasteiger charge is 2.19. The van der Waals surface area contributed by atoms with Crippen molar-refractivity contribution in [1.29, 1.82) is 0 Å². The minimum atomic E-state index is -0.301. The molecule has 1 N–H and O–H groups in total. The van der Waals surface area contributed by atoms with E-state index in [1.54, 1.807) is 0 Å². The van der Waals surface area contributed by atoms with E-state index >= 15 is 0 Å². The zero-order valence-corrected chi connectivity index (χ0v) is 22.0. The van der Waals surface area contributed by atoms with Crippen molar-refractivity contribution in [3.8, 4) is 11.1 Å². The van der Waals surface area contributed by atoms with Gasteiger partial charge in [-0.25, -0.2) is 0 Å². The molecule has 0 amide bonds. The highest BCUT2D eigenvalue weighted by Crippen LogP contribution is 2.30. The zero-order chi connectivity index (χ0) is 25.8. The third kappa shape index (κ3) is 9.07. The van der Waals surface area contributed by atoms with Crippen LogP contribution in [0.1, 0.15) is 69.9 Å². The fourth-order valence-corrected chi connectivity index (χ4v) is 4.69. The van der Waals surface area contributed by atoms with Gasteiger partial charge < -0.3 is 14.6 Å². The van der Waals surface area contributed by atoms with Gasteiger partial charge in [-0.1, -0.05) is 86.5 Å². The maximum absolute atomic E-state index is 11.2. The Balaban J connectivity index is 1.51. The second kappa shape index (κ2) is 14.8. The van der Waals surface area contributed by atoms with Gasteiger partial charge in [-0.2, -0.15) is 0 Å². The average molecular weight is 491 g/mol. The lowest BCUT2D eigenvalue weighted by molar-refractivity contribution is -0.143. The summed E-state index contributed by atoms with van der Waals surface area (Å²) in [5.41, 5.74) is 7.31. The number of aliphatic hydroxyl groups is 1. The van der Waals surface area contributed by atoms with Crippen LogP contribution in [-0.4, -0.2) is 37.0 Å². The third-order valence-electron chi connectivity index (χ3n) is 6.87. The maximum Gasteiger partial charge on any atom is 0.302 e. The monoisotopic (exact) mass is 490 g/mol. The Morgan fingerprint density at radius 2 is 1.69 bits per heavy atom. The maximum atomic E-state index is 11.2. The van der Waals surface area contributed by atoms with E-state index < -0.39 is 0 Å². The first-order valence-electron chi connectivity index (χ1n) is 13.4. The molecule has 2 unspecified atom stereocenters. The van der Waals surface area contributed by atoms with Crippen LogP contribution in [0.3, 0.4) is 0 Å². The molecule has 3 rings (SSSR count). The molecule has 2 aromatic carbocycles. The Labute approximate surface area is 217 Å². The van der Waals surface area contributed by atoms with E-state index in [1.807, 2.05) is 0 Å². The summed E-state index contributed by atoms with van der Waals surface area (Å²) in [5, 5.41) is 9.29. The molecule has 0 heterocycles. The molecule has 0 saturated carbocycles. The minimum absolute atomic E-state index is 0.0110. The summed E-state index contributed by atoms with van der Waals surface area (Å²) in [6.45, 7) is 8.24. The second-order valence-electron chi connectivity index (χ2n) is 9.97. The zero-order valence-electron chi connectivity index (χ0n) is 22.0. The van der Waals surface area contributed by atoms with Crippen molar-refractivity contribution in [3.05, 3.63) is 77.9 Å². The third-order valence-corrected chi connectivity index (χ3v) is 6.87. The Morgan fingerprint density at radius 1 is 1.03 bits per heavy atom. The number of esters is 1. The molecule has 194 valence electrons. The molecular formula is C32H42O4. The standard InChI is InChI=1S/C32H42O4/c1-4-5-6-7-26-8-10-28(11-9-26)29-12-14-30(15-13-29)31-16-18-32(19-17-31)36-23-27(20-24(2)21-33)22-35-25(3)34/h8-16,27,32-33H,2,4-7,17-23H2,1,3H3. The molecule has 0 radical (unpaired) electrons. The van der Waals surface area contributed by atoms with Gasteiger partial charge >= 0.3 is 5.97 Å². The van der Waals surface area contributed by atoms with E-state index in [0.717, 1.165) is 31.3 Å². The topological polar surface area (TPSA) is 55.8 Å². The van der Waals surface area contributed by atoms with Crippen LogP contribution in [0.2, 0.25) is 0 Å². The van der Waals surface area contributed by atoms with Crippen LogP contribution >= 0.6 is 0 Å². The average Bonchev–Trinajstić information content (AvgIpc) is 2.91. The number of allylic oxidation sites excluding steroid dienone is 1. The van der Waals surface area contributed by atoms with Gasteiger partial charge in [0.15, 0.2) is 0 Å². The molecular weight excluding hydrogens is 448 g/mol. The molecule has 0 saturated heterocycles. The molecule has 1 aliphatic rings. The Kier molecular flexibility index (Phi) is 11.4. The van der Waals surface area contributed by atoms with Gasteiger partial charge in [-0.3, -0.25) is 4.79 Å². The van der Waals surface area contributed by atoms with Gasteiger partial charge in [0.25, 0.3) is 0 Å². The highest BCUT2D eigenvalue weighted by atomic mass is 16.5. The van der Waals surface area contributed by atoms with Crippen LogP contribution in [0.5, 0.6) is 0 Å². The van der Waals surface area contributed by atoms with E-state index in [4.69, 9.17) is 9.47 Å². The number of hydrogen-bond acceptors (Lipinski definition) is 4. The van der Waals surface area contributed by atoms with E-state index in [9.17, 15) is 9.90 Å². The van der Waals surface area contributed by atoms with E-state index in [1.165, 1.54) is 54.0 Å². The Morgan fingerprint density at radius 3 is 2.28 bits per heavy atom. The summed E-state index contributed by atoms with van der Waals surface area (Å²) in [5.74, 6) is -0.290. The number of benzene rings is 2. The van der Waals surface area contributed by atoms with Crippen molar-refractivity contribution in [2.45, 2.75) is 71.3 Å². The largest absolute Gasteiger partial charge is 0.465 e. The van der Waals surface area contributed by atoms with Gasteiger partial charge in [-0.15, -0.1) is 0 Å². The molecule has 0 bridgehead atoms. The molecule has 4 heteroatoms. The Bertz CT molecular complexity index is 988. The van der Waals surface area contributed by atoms with Crippen molar-refractivity contribution in [3.63, 3.8) is 0 Å². The van der Waals surface area contributed by atoms with Gasteiger partial charge in [0.05, 0.1) is 25.9 Å². The number of unbranched alkanes of at least 4 members (excludes halogenated alkanes) is 2. The molecule has 0 spiro atoms. The summed E-state index contributed by atoms with van der Waals surface area (Å²) < 4.78 is 11.3. The molecule has 2 atom stereocenters. The number of carbonyl (C=O) groups is 1. The smallest absolute Gasteiger partial charge is 0.302 e. The van der Waals surface area contributed by atoms with Crippen molar-refractivity contribution in [2.75, 3.05) is 19.8 Å². The first-order chi connectivity index (χ1) is 17.5. The fraction of sp³-hybridized carbons (Fsp3) is 0.469. The lowest BCUT2D eigenvalue weighted by Gasteiger charge is -2.25. The normalized spacial score (nSPS) is 16.3. The molecule has 0 fully saturated rings. The van der Waals surface area contributed by atoms with Crippen LogP contribution in [-0.2, 0) is 20.7 Å². The van der Waals surface area contributed by atoms with E-state index in [0.29, 0.717) is 13.0 Å². The lowest BCUT2D eigenvalue weighted by atomic mass is 9.91. The molecule has 0 aromatic heterocycles. The van der Waals surface area contributed by atoms with E-state index in [2.05, 4.69) is 68.1 Å². The fourth-order valence-electron chi connectivity index (χ4n) is 4.69. The quantitative estimate of drug-likeness (QED) is 0.173. The highest BCUT2D eigenvalue weighted by molar-refractivity contribution is 5.71. The summed E-state index contributed by atoms with van der Waals surface area (Å²) in [6.07, 6.45) is 10.8. The van der Waals surface area contributed by atoms with Crippen LogP contribution in [0.15, 0.2) is 66.8 Å². The summed E-state index contributed by atoms with van der Waals surface area (Å²) in [4.78, 5) is 11.2. The predicted octanol–water partition coefficient (Wildman–Crippen LogP) is 7.16. The van der Waals surface area contributed by atoms with Gasteiger partial charge in [0, 0.05) is 12.8 Å². The van der Waals surface area contributed by atoms with Crippen LogP contribution in [0.4, 0.5) is 0 Å². The number of hydrogen-bond donors (Lipinski definition) is 1. The first-order valence-corrected chi connectivity index (χ1v) is 13.4. The summed E-state index contributed by atoms with van der Waals surface area (Å²) in [7, 11) is 0. The predicted molar refractivity (Wildman–Crippen MR) is 148 cm³/mol. The molecule has 2 aromatic rings. The van der Waals surface area contributed by atoms with Crippen molar-refractivity contribution < 1.29 is 19.4 Å². The lowest BCUT2D eigenvalue weighted by Crippen LogP contribution is -2.24. The number of aryl methyl sites for hydroxylation is 1. The van der Waals surface area contributed by atoms with Gasteiger partial charge in [-0.05, 0) is 66.4 Å². The number of carbonyl (C=O) groups excluding carboxylic acids is 1. The molecule has 4 nitrogen and oxygen atoms in total. The molecule has 36 heavy (non-hydrogen) atoms. The molecule has 0 aliphatic heterocycles. The van der Waals surface area contributed by atoms with Crippen molar-refractivity contribution in [1.82, 2.24) is 0 Å². The van der Waals surface area contributed by atoms with Crippen molar-refractivity contribution >= 4 is 11.5 Å². The van der Waals surface area contributed by atoms with Crippen LogP contribution in [0.25, 0.3) is 16.7 Å². The first kappa shape index (κ1) is 27.9. The number of rotatable bonds is 14. The van der Waals surface area contributed by atoms with Crippen LogP contribution in [0, 0.1) is 5.92 Å². The van der Waals surface area contributed by atoms with Crippen molar-refractivity contribution in [2.24, 2.45) is 5.92 Å². The van der Waals surface area contributed by atoms with Gasteiger partial charge in [0.1, 0.15) is 0 Å². The SMILES string of the molecule is C=C(CO)CC(COC(C)=O)COC1CC=C(c2ccc(-c3ccc(CCCCC)cc3)cc2)CC1.